The minimum Gasteiger partial charge on any atom is -0.353 e. The van der Waals surface area contributed by atoms with Gasteiger partial charge in [-0.25, -0.2) is 0 Å². The van der Waals surface area contributed by atoms with Crippen LogP contribution in [0.5, 0.6) is 0 Å². The molecule has 0 aliphatic carbocycles. The average Bonchev–Trinajstić information content (AvgIpc) is 3.13. The summed E-state index contributed by atoms with van der Waals surface area (Å²) < 4.78 is 0. The van der Waals surface area contributed by atoms with Gasteiger partial charge in [-0.2, -0.15) is 0 Å². The normalized spacial score (nSPS) is 20.8. The van der Waals surface area contributed by atoms with Crippen molar-refractivity contribution < 1.29 is 9.59 Å². The Balaban J connectivity index is 1.26. The molecule has 0 radical (unpaired) electrons. The molecule has 1 atom stereocenters. The van der Waals surface area contributed by atoms with Gasteiger partial charge in [-0.15, -0.1) is 0 Å². The lowest BCUT2D eigenvalue weighted by Gasteiger charge is -2.32. The van der Waals surface area contributed by atoms with Crippen molar-refractivity contribution in [1.82, 2.24) is 10.2 Å². The number of hydrogen-bond acceptors (Lipinski definition) is 3. The summed E-state index contributed by atoms with van der Waals surface area (Å²) >= 11 is 0. The molecule has 2 aliphatic heterocycles. The topological polar surface area (TPSA) is 52.7 Å². The molecule has 0 spiro atoms. The fourth-order valence-corrected chi connectivity index (χ4v) is 4.25. The van der Waals surface area contributed by atoms with Gasteiger partial charge in [-0.05, 0) is 37.5 Å². The van der Waals surface area contributed by atoms with E-state index in [1.54, 1.807) is 4.90 Å². The molecule has 2 amide bonds. The van der Waals surface area contributed by atoms with Crippen molar-refractivity contribution in [2.45, 2.75) is 38.8 Å². The largest absolute Gasteiger partial charge is 0.353 e. The van der Waals surface area contributed by atoms with Crippen LogP contribution in [0.25, 0.3) is 0 Å². The highest BCUT2D eigenvalue weighted by Gasteiger charge is 2.36. The SMILES string of the molecule is Cc1ccc(N2CC(C(=O)NC3CCN(Cc4ccccc4)CC3)CC2=O)cc1. The number of aryl methyl sites for hydroxylation is 1. The quantitative estimate of drug-likeness (QED) is 0.852. The zero-order chi connectivity index (χ0) is 20.2. The number of carbonyl (C=O) groups excluding carboxylic acids is 2. The van der Waals surface area contributed by atoms with Crippen LogP contribution in [-0.4, -0.2) is 42.4 Å². The average molecular weight is 392 g/mol. The van der Waals surface area contributed by atoms with Gasteiger partial charge < -0.3 is 10.2 Å². The lowest BCUT2D eigenvalue weighted by molar-refractivity contribution is -0.127. The molecule has 0 bridgehead atoms. The van der Waals surface area contributed by atoms with Crippen LogP contribution in [0.2, 0.25) is 0 Å². The number of anilines is 1. The number of carbonyl (C=O) groups is 2. The first kappa shape index (κ1) is 19.6. The fraction of sp³-hybridized carbons (Fsp3) is 0.417. The van der Waals surface area contributed by atoms with Gasteiger partial charge in [0.05, 0.1) is 5.92 Å². The molecule has 1 unspecified atom stereocenters. The number of nitrogens with zero attached hydrogens (tertiary/aromatic N) is 2. The summed E-state index contributed by atoms with van der Waals surface area (Å²) in [6, 6.07) is 18.6. The predicted molar refractivity (Wildman–Crippen MR) is 115 cm³/mol. The molecule has 2 fully saturated rings. The smallest absolute Gasteiger partial charge is 0.227 e. The Morgan fingerprint density at radius 2 is 1.72 bits per heavy atom. The number of benzene rings is 2. The van der Waals surface area contributed by atoms with Crippen LogP contribution in [0, 0.1) is 12.8 Å². The molecule has 2 saturated heterocycles. The highest BCUT2D eigenvalue weighted by Crippen LogP contribution is 2.26. The van der Waals surface area contributed by atoms with E-state index in [0.29, 0.717) is 13.0 Å². The summed E-state index contributed by atoms with van der Waals surface area (Å²) in [6.45, 7) is 5.43. The molecular weight excluding hydrogens is 362 g/mol. The first-order chi connectivity index (χ1) is 14.1. The Hall–Kier alpha value is -2.66. The van der Waals surface area contributed by atoms with Crippen LogP contribution in [0.3, 0.4) is 0 Å². The standard InChI is InChI=1S/C24H29N3O2/c1-18-7-9-22(10-8-18)27-17-20(15-23(27)28)24(29)25-21-11-13-26(14-12-21)16-19-5-3-2-4-6-19/h2-10,20-21H,11-17H2,1H3,(H,25,29). The van der Waals surface area contributed by atoms with E-state index >= 15 is 0 Å². The van der Waals surface area contributed by atoms with E-state index in [-0.39, 0.29) is 23.8 Å². The third-order valence-corrected chi connectivity index (χ3v) is 6.02. The molecule has 2 aromatic carbocycles. The number of hydrogen-bond donors (Lipinski definition) is 1. The first-order valence-electron chi connectivity index (χ1n) is 10.5. The van der Waals surface area contributed by atoms with Crippen molar-refractivity contribution in [1.29, 1.82) is 0 Å². The van der Waals surface area contributed by atoms with E-state index in [2.05, 4.69) is 34.5 Å². The van der Waals surface area contributed by atoms with Crippen LogP contribution in [0.4, 0.5) is 5.69 Å². The second-order valence-corrected chi connectivity index (χ2v) is 8.29. The third kappa shape index (κ3) is 4.85. The fourth-order valence-electron chi connectivity index (χ4n) is 4.25. The van der Waals surface area contributed by atoms with Crippen LogP contribution in [0.15, 0.2) is 54.6 Å². The van der Waals surface area contributed by atoms with Crippen molar-refractivity contribution >= 4 is 17.5 Å². The van der Waals surface area contributed by atoms with Crippen molar-refractivity contribution in [2.24, 2.45) is 5.92 Å². The molecule has 29 heavy (non-hydrogen) atoms. The van der Waals surface area contributed by atoms with Gasteiger partial charge in [0.15, 0.2) is 0 Å². The molecule has 152 valence electrons. The Morgan fingerprint density at radius 1 is 1.03 bits per heavy atom. The molecule has 2 aromatic rings. The monoisotopic (exact) mass is 391 g/mol. The highest BCUT2D eigenvalue weighted by atomic mass is 16.2. The van der Waals surface area contributed by atoms with E-state index < -0.39 is 0 Å². The molecule has 1 N–H and O–H groups in total. The number of amides is 2. The van der Waals surface area contributed by atoms with Gasteiger partial charge in [-0.3, -0.25) is 14.5 Å². The summed E-state index contributed by atoms with van der Waals surface area (Å²) in [5, 5.41) is 3.20. The Labute approximate surface area is 172 Å². The van der Waals surface area contributed by atoms with Gasteiger partial charge in [0.2, 0.25) is 11.8 Å². The minimum atomic E-state index is -0.258. The molecule has 0 saturated carbocycles. The summed E-state index contributed by atoms with van der Waals surface area (Å²) in [5.74, 6) is -0.202. The van der Waals surface area contributed by atoms with Crippen LogP contribution in [-0.2, 0) is 16.1 Å². The Bertz CT molecular complexity index is 842. The van der Waals surface area contributed by atoms with Gasteiger partial charge in [-0.1, -0.05) is 48.0 Å². The van der Waals surface area contributed by atoms with E-state index in [0.717, 1.165) is 43.7 Å². The molecule has 4 rings (SSSR count). The molecule has 2 heterocycles. The summed E-state index contributed by atoms with van der Waals surface area (Å²) in [6.07, 6.45) is 2.22. The number of rotatable bonds is 5. The maximum Gasteiger partial charge on any atom is 0.227 e. The summed E-state index contributed by atoms with van der Waals surface area (Å²) in [4.78, 5) is 29.4. The number of nitrogens with one attached hydrogen (secondary N) is 1. The number of piperidine rings is 1. The maximum atomic E-state index is 12.8. The highest BCUT2D eigenvalue weighted by molar-refractivity contribution is 6.00. The summed E-state index contributed by atoms with van der Waals surface area (Å²) in [7, 11) is 0. The van der Waals surface area contributed by atoms with Crippen molar-refractivity contribution in [3.63, 3.8) is 0 Å². The van der Waals surface area contributed by atoms with E-state index in [4.69, 9.17) is 0 Å². The second kappa shape index (κ2) is 8.78. The van der Waals surface area contributed by atoms with E-state index in [1.807, 2.05) is 37.3 Å². The zero-order valence-corrected chi connectivity index (χ0v) is 17.0. The van der Waals surface area contributed by atoms with Crippen LogP contribution >= 0.6 is 0 Å². The van der Waals surface area contributed by atoms with Crippen molar-refractivity contribution in [2.75, 3.05) is 24.5 Å². The Morgan fingerprint density at radius 3 is 2.41 bits per heavy atom. The third-order valence-electron chi connectivity index (χ3n) is 6.02. The van der Waals surface area contributed by atoms with Gasteiger partial charge >= 0.3 is 0 Å². The number of likely N-dealkylation sites (tertiary alicyclic amines) is 1. The van der Waals surface area contributed by atoms with Crippen molar-refractivity contribution in [3.05, 3.63) is 65.7 Å². The van der Waals surface area contributed by atoms with Gasteiger partial charge in [0.1, 0.15) is 0 Å². The first-order valence-corrected chi connectivity index (χ1v) is 10.5. The van der Waals surface area contributed by atoms with E-state index in [9.17, 15) is 9.59 Å². The molecule has 5 nitrogen and oxygen atoms in total. The molecule has 2 aliphatic rings. The lowest BCUT2D eigenvalue weighted by Crippen LogP contribution is -2.46. The predicted octanol–water partition coefficient (Wildman–Crippen LogP) is 3.13. The maximum absolute atomic E-state index is 12.8. The molecular formula is C24H29N3O2. The van der Waals surface area contributed by atoms with E-state index in [1.165, 1.54) is 5.56 Å². The zero-order valence-electron chi connectivity index (χ0n) is 17.0. The van der Waals surface area contributed by atoms with Gasteiger partial charge in [0, 0.05) is 44.3 Å². The molecule has 0 aromatic heterocycles. The van der Waals surface area contributed by atoms with Crippen molar-refractivity contribution in [3.8, 4) is 0 Å². The minimum absolute atomic E-state index is 0.0227. The lowest BCUT2D eigenvalue weighted by atomic mass is 10.0. The second-order valence-electron chi connectivity index (χ2n) is 8.29. The van der Waals surface area contributed by atoms with Gasteiger partial charge in [0.25, 0.3) is 0 Å². The Kier molecular flexibility index (Phi) is 5.95. The summed E-state index contributed by atoms with van der Waals surface area (Å²) in [5.41, 5.74) is 3.37. The van der Waals surface area contributed by atoms with Crippen LogP contribution < -0.4 is 10.2 Å². The molecule has 5 heteroatoms. The van der Waals surface area contributed by atoms with Crippen LogP contribution in [0.1, 0.15) is 30.4 Å².